The van der Waals surface area contributed by atoms with Crippen LogP contribution in [0.5, 0.6) is 0 Å². The van der Waals surface area contributed by atoms with Crippen LogP contribution in [0.15, 0.2) is 22.8 Å². The van der Waals surface area contributed by atoms with Crippen LogP contribution in [-0.4, -0.2) is 8.07 Å². The van der Waals surface area contributed by atoms with E-state index >= 15 is 0 Å². The molecule has 0 bridgehead atoms. The lowest BCUT2D eigenvalue weighted by Gasteiger charge is -2.13. The van der Waals surface area contributed by atoms with Crippen molar-refractivity contribution in [2.75, 3.05) is 0 Å². The summed E-state index contributed by atoms with van der Waals surface area (Å²) in [6.45, 7) is 9.27. The van der Waals surface area contributed by atoms with Crippen LogP contribution < -0.4 is 5.38 Å². The van der Waals surface area contributed by atoms with Gasteiger partial charge in [0.2, 0.25) is 0 Å². The number of furan rings is 1. The lowest BCUT2D eigenvalue weighted by atomic mass is 10.1. The summed E-state index contributed by atoms with van der Waals surface area (Å²) in [5.74, 6) is 0. The van der Waals surface area contributed by atoms with Gasteiger partial charge in [-0.3, -0.25) is 0 Å². The maximum atomic E-state index is 5.67. The van der Waals surface area contributed by atoms with Crippen LogP contribution in [0.2, 0.25) is 19.6 Å². The van der Waals surface area contributed by atoms with Crippen LogP contribution in [0, 0.1) is 0 Å². The topological polar surface area (TPSA) is 13.1 Å². The van der Waals surface area contributed by atoms with Crippen molar-refractivity contribution in [1.82, 2.24) is 0 Å². The Morgan fingerprint density at radius 2 is 1.65 bits per heavy atom. The molecule has 0 unspecified atom stereocenters. The Morgan fingerprint density at radius 1 is 1.00 bits per heavy atom. The summed E-state index contributed by atoms with van der Waals surface area (Å²) in [5, 5.41) is 1.23. The summed E-state index contributed by atoms with van der Waals surface area (Å²) in [5.41, 5.74) is 1.30. The van der Waals surface area contributed by atoms with Gasteiger partial charge in [-0.25, -0.2) is 0 Å². The molecule has 0 aliphatic rings. The van der Waals surface area contributed by atoms with Crippen molar-refractivity contribution in [3.8, 4) is 0 Å². The summed E-state index contributed by atoms with van der Waals surface area (Å²) >= 11 is 0. The minimum Gasteiger partial charge on any atom is -0.474 e. The van der Waals surface area contributed by atoms with Crippen molar-refractivity contribution in [3.63, 3.8) is 0 Å². The normalized spacial score (nSPS) is 12.4. The highest BCUT2D eigenvalue weighted by atomic mass is 28.3. The van der Waals surface area contributed by atoms with Crippen LogP contribution >= 0.6 is 0 Å². The molecule has 0 amide bonds. The molecule has 0 aliphatic carbocycles. The standard InChI is InChI=1S/C18H32OSi/c1-5-6-7-8-9-10-11-12-13-14-17-15-16-19-18(17)20(2,3)4/h13-16H,5-12H2,1-4H3/b14-13-. The van der Waals surface area contributed by atoms with Gasteiger partial charge < -0.3 is 4.42 Å². The maximum absolute atomic E-state index is 5.67. The molecule has 1 rings (SSSR count). The van der Waals surface area contributed by atoms with Crippen molar-refractivity contribution in [2.24, 2.45) is 0 Å². The molecule has 0 atom stereocenters. The summed E-state index contributed by atoms with van der Waals surface area (Å²) in [4.78, 5) is 0. The molecule has 1 aromatic heterocycles. The highest BCUT2D eigenvalue weighted by molar-refractivity contribution is 6.88. The van der Waals surface area contributed by atoms with Gasteiger partial charge in [-0.05, 0) is 18.9 Å². The van der Waals surface area contributed by atoms with Gasteiger partial charge in [-0.2, -0.15) is 0 Å². The molecular formula is C18H32OSi. The van der Waals surface area contributed by atoms with E-state index in [0.29, 0.717) is 0 Å². The highest BCUT2D eigenvalue weighted by Crippen LogP contribution is 2.12. The Hall–Kier alpha value is -0.763. The molecule has 0 aromatic carbocycles. The average molecular weight is 293 g/mol. The van der Waals surface area contributed by atoms with Crippen molar-refractivity contribution < 1.29 is 4.42 Å². The van der Waals surface area contributed by atoms with Gasteiger partial charge in [0.05, 0.1) is 11.6 Å². The predicted molar refractivity (Wildman–Crippen MR) is 93.3 cm³/mol. The Kier molecular flexibility index (Phi) is 7.97. The summed E-state index contributed by atoms with van der Waals surface area (Å²) in [6, 6.07) is 2.11. The number of unbranched alkanes of at least 4 members (excludes halogenated alkanes) is 7. The first-order chi connectivity index (χ1) is 9.55. The van der Waals surface area contributed by atoms with E-state index in [1.807, 2.05) is 6.26 Å². The van der Waals surface area contributed by atoms with E-state index in [2.05, 4.69) is 44.8 Å². The van der Waals surface area contributed by atoms with E-state index < -0.39 is 8.07 Å². The third kappa shape index (κ3) is 6.60. The molecule has 1 heterocycles. The zero-order valence-electron chi connectivity index (χ0n) is 13.9. The first-order valence-corrected chi connectivity index (χ1v) is 11.8. The van der Waals surface area contributed by atoms with Crippen LogP contribution in [0.3, 0.4) is 0 Å². The second-order valence-electron chi connectivity index (χ2n) is 6.77. The van der Waals surface area contributed by atoms with Crippen molar-refractivity contribution in [2.45, 2.75) is 77.9 Å². The Bertz CT molecular complexity index is 384. The van der Waals surface area contributed by atoms with Gasteiger partial charge in [-0.15, -0.1) is 0 Å². The van der Waals surface area contributed by atoms with E-state index in [1.165, 1.54) is 62.3 Å². The Morgan fingerprint density at radius 3 is 2.30 bits per heavy atom. The van der Waals surface area contributed by atoms with Crippen LogP contribution in [0.25, 0.3) is 6.08 Å². The molecule has 0 saturated heterocycles. The van der Waals surface area contributed by atoms with Gasteiger partial charge in [0.1, 0.15) is 8.07 Å². The van der Waals surface area contributed by atoms with Crippen LogP contribution in [0.4, 0.5) is 0 Å². The molecule has 0 spiro atoms. The minimum absolute atomic E-state index is 1.20. The van der Waals surface area contributed by atoms with Gasteiger partial charge in [0, 0.05) is 5.56 Å². The predicted octanol–water partition coefficient (Wildman–Crippen LogP) is 5.98. The third-order valence-electron chi connectivity index (χ3n) is 3.65. The fraction of sp³-hybridized carbons (Fsp3) is 0.667. The second-order valence-corrected chi connectivity index (χ2v) is 11.7. The number of hydrogen-bond donors (Lipinski definition) is 0. The number of hydrogen-bond acceptors (Lipinski definition) is 1. The Balaban J connectivity index is 2.21. The molecule has 1 aromatic rings. The molecular weight excluding hydrogens is 260 g/mol. The first kappa shape index (κ1) is 17.3. The quantitative estimate of drug-likeness (QED) is 0.382. The molecule has 20 heavy (non-hydrogen) atoms. The van der Waals surface area contributed by atoms with Crippen LogP contribution in [-0.2, 0) is 0 Å². The lowest BCUT2D eigenvalue weighted by Crippen LogP contribution is -2.37. The van der Waals surface area contributed by atoms with E-state index in [1.54, 1.807) is 0 Å². The van der Waals surface area contributed by atoms with E-state index in [0.717, 1.165) is 0 Å². The van der Waals surface area contributed by atoms with Gasteiger partial charge in [0.25, 0.3) is 0 Å². The summed E-state index contributed by atoms with van der Waals surface area (Å²) in [6.07, 6.45) is 17.3. The average Bonchev–Trinajstić information content (AvgIpc) is 2.85. The van der Waals surface area contributed by atoms with Crippen LogP contribution in [0.1, 0.15) is 63.9 Å². The zero-order valence-corrected chi connectivity index (χ0v) is 14.9. The van der Waals surface area contributed by atoms with E-state index in [9.17, 15) is 0 Å². The zero-order chi connectivity index (χ0) is 14.8. The largest absolute Gasteiger partial charge is 0.474 e. The lowest BCUT2D eigenvalue weighted by molar-refractivity contribution is 0.592. The number of rotatable bonds is 10. The third-order valence-corrected chi connectivity index (χ3v) is 5.42. The maximum Gasteiger partial charge on any atom is 0.124 e. The molecule has 0 radical (unpaired) electrons. The number of allylic oxidation sites excluding steroid dienone is 1. The molecule has 1 nitrogen and oxygen atoms in total. The van der Waals surface area contributed by atoms with E-state index in [4.69, 9.17) is 4.42 Å². The van der Waals surface area contributed by atoms with Gasteiger partial charge in [0.15, 0.2) is 0 Å². The van der Waals surface area contributed by atoms with Crippen molar-refractivity contribution in [1.29, 1.82) is 0 Å². The highest BCUT2D eigenvalue weighted by Gasteiger charge is 2.22. The van der Waals surface area contributed by atoms with Crippen molar-refractivity contribution >= 4 is 19.5 Å². The monoisotopic (exact) mass is 292 g/mol. The second kappa shape index (κ2) is 9.22. The Labute approximate surface area is 126 Å². The van der Waals surface area contributed by atoms with E-state index in [-0.39, 0.29) is 0 Å². The molecule has 0 aliphatic heterocycles. The van der Waals surface area contributed by atoms with Gasteiger partial charge >= 0.3 is 0 Å². The smallest absolute Gasteiger partial charge is 0.124 e. The summed E-state index contributed by atoms with van der Waals surface area (Å²) in [7, 11) is -1.34. The SMILES string of the molecule is CCCCCCCCC/C=C\c1ccoc1[Si](C)(C)C. The minimum atomic E-state index is -1.34. The molecule has 114 valence electrons. The van der Waals surface area contributed by atoms with Gasteiger partial charge in [-0.1, -0.05) is 77.2 Å². The fourth-order valence-electron chi connectivity index (χ4n) is 2.49. The molecule has 2 heteroatoms. The first-order valence-electron chi connectivity index (χ1n) is 8.30. The van der Waals surface area contributed by atoms with Crippen molar-refractivity contribution in [3.05, 3.63) is 24.0 Å². The molecule has 0 N–H and O–H groups in total. The fourth-order valence-corrected chi connectivity index (χ4v) is 3.94. The summed E-state index contributed by atoms with van der Waals surface area (Å²) < 4.78 is 5.67. The molecule has 0 fully saturated rings. The molecule has 0 saturated carbocycles.